The molecule has 1 aromatic carbocycles. The molecule has 0 saturated heterocycles. The topological polar surface area (TPSA) is 55.8 Å². The molecule has 2 heterocycles. The van der Waals surface area contributed by atoms with Crippen molar-refractivity contribution in [1.82, 2.24) is 4.90 Å². The summed E-state index contributed by atoms with van der Waals surface area (Å²) in [6.07, 6.45) is 2.04. The molecule has 0 bridgehead atoms. The molecular formula is C16H15NO4. The van der Waals surface area contributed by atoms with Gasteiger partial charge in [-0.1, -0.05) is 12.1 Å². The first-order valence-corrected chi connectivity index (χ1v) is 7.21. The lowest BCUT2D eigenvalue weighted by Crippen LogP contribution is -2.44. The number of fused-ring (bicyclic) bond motifs is 1. The molecule has 0 N–H and O–H groups in total. The van der Waals surface area contributed by atoms with Crippen molar-refractivity contribution >= 4 is 11.8 Å². The zero-order valence-electron chi connectivity index (χ0n) is 11.5. The molecule has 1 aromatic rings. The molecule has 4 rings (SSSR count). The zero-order chi connectivity index (χ0) is 14.4. The second-order valence-electron chi connectivity index (χ2n) is 5.53. The molecule has 21 heavy (non-hydrogen) atoms. The first kappa shape index (κ1) is 12.4. The molecule has 1 atom stereocenters. The summed E-state index contributed by atoms with van der Waals surface area (Å²) in [6.45, 7) is 0.595. The van der Waals surface area contributed by atoms with E-state index in [0.717, 1.165) is 19.3 Å². The summed E-state index contributed by atoms with van der Waals surface area (Å²) in [5, 5.41) is 0. The van der Waals surface area contributed by atoms with Gasteiger partial charge in [0.05, 0.1) is 6.54 Å². The first-order valence-electron chi connectivity index (χ1n) is 7.21. The van der Waals surface area contributed by atoms with Crippen LogP contribution >= 0.6 is 0 Å². The van der Waals surface area contributed by atoms with E-state index in [0.29, 0.717) is 29.3 Å². The van der Waals surface area contributed by atoms with Crippen molar-refractivity contribution in [2.24, 2.45) is 0 Å². The maximum atomic E-state index is 12.3. The normalized spacial score (nSPS) is 23.8. The Kier molecular flexibility index (Phi) is 2.74. The minimum atomic E-state index is -0.312. The number of benzene rings is 1. The SMILES string of the molecule is O=C1C2=C(CCC2)C(=O)N1CC1COc2ccccc2O1. The van der Waals surface area contributed by atoms with Crippen LogP contribution in [-0.2, 0) is 9.59 Å². The number of carbonyl (C=O) groups is 2. The fourth-order valence-corrected chi connectivity index (χ4v) is 3.16. The summed E-state index contributed by atoms with van der Waals surface area (Å²) in [5.74, 6) is 1.08. The van der Waals surface area contributed by atoms with Gasteiger partial charge in [-0.25, -0.2) is 0 Å². The maximum Gasteiger partial charge on any atom is 0.257 e. The molecule has 0 spiro atoms. The van der Waals surface area contributed by atoms with Gasteiger partial charge in [-0.15, -0.1) is 0 Å². The van der Waals surface area contributed by atoms with Crippen molar-refractivity contribution < 1.29 is 19.1 Å². The fourth-order valence-electron chi connectivity index (χ4n) is 3.16. The Morgan fingerprint density at radius 2 is 1.71 bits per heavy atom. The summed E-state index contributed by atoms with van der Waals surface area (Å²) in [5.41, 5.74) is 1.41. The van der Waals surface area contributed by atoms with Crippen molar-refractivity contribution in [3.05, 3.63) is 35.4 Å². The van der Waals surface area contributed by atoms with Gasteiger partial charge < -0.3 is 9.47 Å². The van der Waals surface area contributed by atoms with Crippen LogP contribution in [0.5, 0.6) is 11.5 Å². The monoisotopic (exact) mass is 285 g/mol. The van der Waals surface area contributed by atoms with Crippen molar-refractivity contribution in [2.45, 2.75) is 25.4 Å². The predicted molar refractivity (Wildman–Crippen MR) is 74.0 cm³/mol. The second kappa shape index (κ2) is 4.62. The Morgan fingerprint density at radius 1 is 1.05 bits per heavy atom. The first-order chi connectivity index (χ1) is 10.2. The lowest BCUT2D eigenvalue weighted by atomic mass is 10.2. The molecule has 1 aliphatic carbocycles. The number of rotatable bonds is 2. The molecule has 0 radical (unpaired) electrons. The largest absolute Gasteiger partial charge is 0.486 e. The Labute approximate surface area is 122 Å². The number of likely N-dealkylation sites (tertiary alicyclic amines) is 1. The van der Waals surface area contributed by atoms with Crippen LogP contribution in [-0.4, -0.2) is 36.0 Å². The van der Waals surface area contributed by atoms with E-state index in [2.05, 4.69) is 0 Å². The van der Waals surface area contributed by atoms with Gasteiger partial charge in [0.15, 0.2) is 17.6 Å². The van der Waals surface area contributed by atoms with Crippen LogP contribution < -0.4 is 9.47 Å². The Hall–Kier alpha value is -2.30. The van der Waals surface area contributed by atoms with E-state index < -0.39 is 0 Å². The van der Waals surface area contributed by atoms with Crippen molar-refractivity contribution in [3.8, 4) is 11.5 Å². The minimum absolute atomic E-state index is 0.144. The Balaban J connectivity index is 1.49. The van der Waals surface area contributed by atoms with Crippen molar-refractivity contribution in [1.29, 1.82) is 0 Å². The molecule has 5 nitrogen and oxygen atoms in total. The summed E-state index contributed by atoms with van der Waals surface area (Å²) in [4.78, 5) is 25.8. The average molecular weight is 285 g/mol. The molecule has 2 aliphatic heterocycles. The van der Waals surface area contributed by atoms with E-state index in [1.807, 2.05) is 24.3 Å². The highest BCUT2D eigenvalue weighted by atomic mass is 16.6. The Bertz CT molecular complexity index is 638. The van der Waals surface area contributed by atoms with Crippen molar-refractivity contribution in [3.63, 3.8) is 0 Å². The van der Waals surface area contributed by atoms with Gasteiger partial charge in [0.2, 0.25) is 0 Å². The van der Waals surface area contributed by atoms with E-state index in [4.69, 9.17) is 9.47 Å². The van der Waals surface area contributed by atoms with Gasteiger partial charge in [-0.3, -0.25) is 14.5 Å². The number of para-hydroxylation sites is 2. The summed E-state index contributed by atoms with van der Waals surface area (Å²) < 4.78 is 11.4. The number of ether oxygens (including phenoxy) is 2. The third kappa shape index (κ3) is 1.92. The van der Waals surface area contributed by atoms with E-state index in [1.165, 1.54) is 4.90 Å². The smallest absolute Gasteiger partial charge is 0.257 e. The maximum absolute atomic E-state index is 12.3. The van der Waals surface area contributed by atoms with Crippen LogP contribution in [0.4, 0.5) is 0 Å². The third-order valence-electron chi connectivity index (χ3n) is 4.18. The van der Waals surface area contributed by atoms with Gasteiger partial charge in [-0.05, 0) is 31.4 Å². The van der Waals surface area contributed by atoms with Crippen LogP contribution in [0.15, 0.2) is 35.4 Å². The van der Waals surface area contributed by atoms with E-state index in [-0.39, 0.29) is 24.5 Å². The highest BCUT2D eigenvalue weighted by Crippen LogP contribution is 2.35. The van der Waals surface area contributed by atoms with Crippen LogP contribution in [0.1, 0.15) is 19.3 Å². The highest BCUT2D eigenvalue weighted by molar-refractivity contribution is 6.19. The molecule has 2 amide bonds. The summed E-state index contributed by atoms with van der Waals surface area (Å²) in [6, 6.07) is 7.42. The van der Waals surface area contributed by atoms with Crippen molar-refractivity contribution in [2.75, 3.05) is 13.2 Å². The number of hydrogen-bond donors (Lipinski definition) is 0. The van der Waals surface area contributed by atoms with Crippen LogP contribution in [0, 0.1) is 0 Å². The van der Waals surface area contributed by atoms with Crippen LogP contribution in [0.25, 0.3) is 0 Å². The molecule has 3 aliphatic rings. The number of carbonyl (C=O) groups excluding carboxylic acids is 2. The minimum Gasteiger partial charge on any atom is -0.486 e. The lowest BCUT2D eigenvalue weighted by Gasteiger charge is -2.29. The zero-order valence-corrected chi connectivity index (χ0v) is 11.5. The molecule has 108 valence electrons. The molecule has 0 fully saturated rings. The molecule has 0 saturated carbocycles. The van der Waals surface area contributed by atoms with Gasteiger partial charge in [-0.2, -0.15) is 0 Å². The third-order valence-corrected chi connectivity index (χ3v) is 4.18. The number of amides is 2. The number of nitrogens with zero attached hydrogens (tertiary/aromatic N) is 1. The van der Waals surface area contributed by atoms with E-state index in [1.54, 1.807) is 0 Å². The number of hydrogen-bond acceptors (Lipinski definition) is 4. The highest BCUT2D eigenvalue weighted by Gasteiger charge is 2.41. The van der Waals surface area contributed by atoms with Crippen LogP contribution in [0.3, 0.4) is 0 Å². The van der Waals surface area contributed by atoms with E-state index in [9.17, 15) is 9.59 Å². The van der Waals surface area contributed by atoms with Gasteiger partial charge >= 0.3 is 0 Å². The van der Waals surface area contributed by atoms with Gasteiger partial charge in [0, 0.05) is 11.1 Å². The molecule has 0 aromatic heterocycles. The molecular weight excluding hydrogens is 270 g/mol. The van der Waals surface area contributed by atoms with Gasteiger partial charge in [0.1, 0.15) is 6.61 Å². The lowest BCUT2D eigenvalue weighted by molar-refractivity contribution is -0.139. The predicted octanol–water partition coefficient (Wildman–Crippen LogP) is 1.68. The Morgan fingerprint density at radius 3 is 2.43 bits per heavy atom. The van der Waals surface area contributed by atoms with Gasteiger partial charge in [0.25, 0.3) is 11.8 Å². The standard InChI is InChI=1S/C16H15NO4/c18-15-11-4-3-5-12(11)16(19)17(15)8-10-9-20-13-6-1-2-7-14(13)21-10/h1-2,6-7,10H,3-5,8-9H2. The second-order valence-corrected chi connectivity index (χ2v) is 5.53. The summed E-state index contributed by atoms with van der Waals surface area (Å²) in [7, 11) is 0. The molecule has 5 heteroatoms. The molecule has 1 unspecified atom stereocenters. The fraction of sp³-hybridized carbons (Fsp3) is 0.375. The average Bonchev–Trinajstić information content (AvgIpc) is 3.07. The van der Waals surface area contributed by atoms with Crippen LogP contribution in [0.2, 0.25) is 0 Å². The van der Waals surface area contributed by atoms with E-state index >= 15 is 0 Å². The quantitative estimate of drug-likeness (QED) is 0.776. The number of imide groups is 1. The summed E-state index contributed by atoms with van der Waals surface area (Å²) >= 11 is 0.